The zero-order valence-electron chi connectivity index (χ0n) is 18.9. The van der Waals surface area contributed by atoms with Crippen LogP contribution in [-0.2, 0) is 11.8 Å². The lowest BCUT2D eigenvalue weighted by Gasteiger charge is -2.17. The van der Waals surface area contributed by atoms with E-state index in [-0.39, 0.29) is 11.2 Å². The average molecular weight is 490 g/mol. The molecule has 10 heteroatoms. The number of fused-ring (bicyclic) bond motifs is 3. The van der Waals surface area contributed by atoms with Crippen molar-refractivity contribution in [1.82, 2.24) is 30.5 Å². The lowest BCUT2D eigenvalue weighted by molar-refractivity contribution is -0.119. The molecule has 8 nitrogen and oxygen atoms in total. The van der Waals surface area contributed by atoms with E-state index >= 15 is 0 Å². The number of hydrogen-bond donors (Lipinski definition) is 2. The third-order valence-corrected chi connectivity index (χ3v) is 7.54. The fraction of sp³-hybridized carbons (Fsp3) is 0.208. The number of aromatic nitrogens is 4. The molecule has 0 spiro atoms. The summed E-state index contributed by atoms with van der Waals surface area (Å²) in [4.78, 5) is 17.6. The number of amidine groups is 1. The summed E-state index contributed by atoms with van der Waals surface area (Å²) in [6.07, 6.45) is 0.614. The molecule has 5 rings (SSSR count). The Labute approximate surface area is 205 Å². The van der Waals surface area contributed by atoms with E-state index in [4.69, 9.17) is 4.98 Å². The summed E-state index contributed by atoms with van der Waals surface area (Å²) < 4.78 is 2.00. The van der Waals surface area contributed by atoms with E-state index in [2.05, 4.69) is 45.1 Å². The maximum atomic E-state index is 13.0. The first-order valence-electron chi connectivity index (χ1n) is 10.9. The van der Waals surface area contributed by atoms with Crippen LogP contribution < -0.4 is 10.7 Å². The molecular formula is C24H23N7OS2. The molecule has 2 N–H and O–H groups in total. The SMILES string of the molecule is CCC(Sc1nnc2c3ccccc3n(C)c2n1)C(=O)NC1=NNC(c2ccc(C)cc2)=CS1. The zero-order chi connectivity index (χ0) is 23.7. The van der Waals surface area contributed by atoms with Crippen LogP contribution >= 0.6 is 23.5 Å². The number of para-hydroxylation sites is 1. The zero-order valence-corrected chi connectivity index (χ0v) is 20.6. The molecule has 0 fully saturated rings. The van der Waals surface area contributed by atoms with Gasteiger partial charge in [0.15, 0.2) is 10.8 Å². The van der Waals surface area contributed by atoms with Gasteiger partial charge in [0.1, 0.15) is 5.52 Å². The van der Waals surface area contributed by atoms with Gasteiger partial charge in [-0.15, -0.1) is 15.3 Å². The van der Waals surface area contributed by atoms with Gasteiger partial charge < -0.3 is 9.88 Å². The molecule has 34 heavy (non-hydrogen) atoms. The molecule has 0 bridgehead atoms. The van der Waals surface area contributed by atoms with E-state index in [0.29, 0.717) is 16.7 Å². The third kappa shape index (κ3) is 4.38. The molecule has 1 unspecified atom stereocenters. The highest BCUT2D eigenvalue weighted by atomic mass is 32.2. The number of rotatable bonds is 5. The van der Waals surface area contributed by atoms with Crippen molar-refractivity contribution in [2.24, 2.45) is 12.1 Å². The molecule has 3 heterocycles. The first-order valence-corrected chi connectivity index (χ1v) is 12.6. The van der Waals surface area contributed by atoms with Crippen molar-refractivity contribution in [1.29, 1.82) is 0 Å². The van der Waals surface area contributed by atoms with Crippen LogP contribution in [0.25, 0.3) is 27.8 Å². The lowest BCUT2D eigenvalue weighted by Crippen LogP contribution is -2.37. The van der Waals surface area contributed by atoms with Crippen LogP contribution in [-0.4, -0.2) is 36.1 Å². The summed E-state index contributed by atoms with van der Waals surface area (Å²) in [6, 6.07) is 16.2. The minimum Gasteiger partial charge on any atom is -0.327 e. The van der Waals surface area contributed by atoms with E-state index in [1.165, 1.54) is 29.1 Å². The second kappa shape index (κ2) is 9.47. The van der Waals surface area contributed by atoms with Crippen LogP contribution in [0.1, 0.15) is 24.5 Å². The van der Waals surface area contributed by atoms with Gasteiger partial charge in [-0.25, -0.2) is 4.98 Å². The smallest absolute Gasteiger partial charge is 0.239 e. The Bertz CT molecular complexity index is 1440. The summed E-state index contributed by atoms with van der Waals surface area (Å²) in [5.41, 5.74) is 8.72. The number of hydrogen-bond acceptors (Lipinski definition) is 8. The number of benzene rings is 2. The second-order valence-corrected chi connectivity index (χ2v) is 9.92. The van der Waals surface area contributed by atoms with Gasteiger partial charge in [0.05, 0.1) is 16.5 Å². The highest BCUT2D eigenvalue weighted by Gasteiger charge is 2.23. The molecule has 172 valence electrons. The number of carbonyl (C=O) groups is 1. The number of thioether (sulfide) groups is 2. The van der Waals surface area contributed by atoms with Gasteiger partial charge >= 0.3 is 0 Å². The van der Waals surface area contributed by atoms with Gasteiger partial charge in [0.25, 0.3) is 0 Å². The maximum Gasteiger partial charge on any atom is 0.239 e. The van der Waals surface area contributed by atoms with E-state index in [0.717, 1.165) is 33.3 Å². The van der Waals surface area contributed by atoms with Crippen molar-refractivity contribution in [2.75, 3.05) is 0 Å². The number of nitrogens with one attached hydrogen (secondary N) is 2. The van der Waals surface area contributed by atoms with E-state index in [1.807, 2.05) is 60.3 Å². The summed E-state index contributed by atoms with van der Waals surface area (Å²) in [6.45, 7) is 4.01. The van der Waals surface area contributed by atoms with Gasteiger partial charge in [-0.1, -0.05) is 78.5 Å². The molecule has 0 saturated carbocycles. The van der Waals surface area contributed by atoms with Crippen LogP contribution in [0.3, 0.4) is 0 Å². The number of hydrazone groups is 1. The lowest BCUT2D eigenvalue weighted by atomic mass is 10.1. The molecule has 1 aliphatic rings. The third-order valence-electron chi connectivity index (χ3n) is 5.56. The monoisotopic (exact) mass is 489 g/mol. The minimum atomic E-state index is -0.375. The van der Waals surface area contributed by atoms with Gasteiger partial charge in [-0.2, -0.15) is 0 Å². The Morgan fingerprint density at radius 3 is 2.71 bits per heavy atom. The molecular weight excluding hydrogens is 466 g/mol. The van der Waals surface area contributed by atoms with Crippen molar-refractivity contribution in [3.63, 3.8) is 0 Å². The Hall–Kier alpha value is -3.37. The number of carbonyl (C=O) groups excluding carboxylic acids is 1. The van der Waals surface area contributed by atoms with Crippen LogP contribution in [0.4, 0.5) is 0 Å². The topological polar surface area (TPSA) is 97.1 Å². The Morgan fingerprint density at radius 2 is 1.97 bits per heavy atom. The van der Waals surface area contributed by atoms with Gasteiger partial charge in [-0.3, -0.25) is 10.2 Å². The van der Waals surface area contributed by atoms with Crippen LogP contribution in [0.5, 0.6) is 0 Å². The first-order chi connectivity index (χ1) is 16.5. The summed E-state index contributed by atoms with van der Waals surface area (Å²) in [7, 11) is 1.96. The van der Waals surface area contributed by atoms with Crippen LogP contribution in [0, 0.1) is 6.92 Å². The molecule has 1 amide bonds. The summed E-state index contributed by atoms with van der Waals surface area (Å²) >= 11 is 2.68. The van der Waals surface area contributed by atoms with E-state index in [1.54, 1.807) is 0 Å². The molecule has 1 aliphatic heterocycles. The second-order valence-electron chi connectivity index (χ2n) is 7.89. The molecule has 2 aromatic heterocycles. The maximum absolute atomic E-state index is 13.0. The van der Waals surface area contributed by atoms with Crippen LogP contribution in [0.15, 0.2) is 64.2 Å². The largest absolute Gasteiger partial charge is 0.327 e. The molecule has 2 aromatic carbocycles. The van der Waals surface area contributed by atoms with Crippen molar-refractivity contribution >= 4 is 62.4 Å². The normalized spacial score (nSPS) is 14.4. The van der Waals surface area contributed by atoms with Gasteiger partial charge in [-0.05, 0) is 19.4 Å². The Kier molecular flexibility index (Phi) is 6.25. The van der Waals surface area contributed by atoms with E-state index in [9.17, 15) is 4.79 Å². The van der Waals surface area contributed by atoms with Crippen molar-refractivity contribution in [2.45, 2.75) is 30.7 Å². The molecule has 1 atom stereocenters. The minimum absolute atomic E-state index is 0.145. The van der Waals surface area contributed by atoms with Crippen molar-refractivity contribution < 1.29 is 4.79 Å². The molecule has 0 radical (unpaired) electrons. The fourth-order valence-electron chi connectivity index (χ4n) is 3.68. The highest BCUT2D eigenvalue weighted by Crippen LogP contribution is 2.28. The number of aryl methyl sites for hydroxylation is 2. The average Bonchev–Trinajstić information content (AvgIpc) is 3.15. The fourth-order valence-corrected chi connectivity index (χ4v) is 5.17. The Balaban J connectivity index is 1.27. The summed E-state index contributed by atoms with van der Waals surface area (Å²) in [5.74, 6) is -0.145. The van der Waals surface area contributed by atoms with Crippen molar-refractivity contribution in [3.8, 4) is 0 Å². The predicted octanol–water partition coefficient (Wildman–Crippen LogP) is 4.42. The molecule has 0 saturated heterocycles. The van der Waals surface area contributed by atoms with Gasteiger partial charge in [0, 0.05) is 23.4 Å². The first kappa shape index (κ1) is 22.4. The number of nitrogens with zero attached hydrogens (tertiary/aromatic N) is 5. The predicted molar refractivity (Wildman–Crippen MR) is 139 cm³/mol. The van der Waals surface area contributed by atoms with E-state index < -0.39 is 0 Å². The Morgan fingerprint density at radius 1 is 1.18 bits per heavy atom. The van der Waals surface area contributed by atoms with Gasteiger partial charge in [0.2, 0.25) is 11.1 Å². The van der Waals surface area contributed by atoms with Crippen LogP contribution in [0.2, 0.25) is 0 Å². The summed E-state index contributed by atoms with van der Waals surface area (Å²) in [5, 5.41) is 19.5. The quantitative estimate of drug-likeness (QED) is 0.401. The standard InChI is InChI=1S/C24H23N7OS2/c1-4-19(22(32)26-23-29-27-17(13-33-23)15-11-9-14(2)10-12-15)34-24-25-21-20(28-30-24)16-7-5-6-8-18(16)31(21)3/h5-13,19,27H,4H2,1-3H3,(H,26,29,32). The highest BCUT2D eigenvalue weighted by molar-refractivity contribution is 8.16. The number of amides is 1. The molecule has 4 aromatic rings. The molecule has 0 aliphatic carbocycles. The van der Waals surface area contributed by atoms with Crippen molar-refractivity contribution in [3.05, 3.63) is 65.1 Å².